The van der Waals surface area contributed by atoms with Gasteiger partial charge in [0.2, 0.25) is 0 Å². The van der Waals surface area contributed by atoms with Crippen molar-refractivity contribution in [2.75, 3.05) is 26.0 Å². The van der Waals surface area contributed by atoms with E-state index in [0.717, 1.165) is 32.6 Å². The number of allylic oxidation sites excluding steroid dienone is 1. The molecule has 29 heavy (non-hydrogen) atoms. The first-order valence-electron chi connectivity index (χ1n) is 9.32. The number of amides is 1. The molecule has 0 radical (unpaired) electrons. The van der Waals surface area contributed by atoms with Gasteiger partial charge in [-0.3, -0.25) is 4.79 Å². The zero-order valence-electron chi connectivity index (χ0n) is 16.3. The van der Waals surface area contributed by atoms with E-state index in [-0.39, 0.29) is 12.5 Å². The van der Waals surface area contributed by atoms with Crippen molar-refractivity contribution >= 4 is 39.4 Å². The Kier molecular flexibility index (Phi) is 5.35. The lowest BCUT2D eigenvalue weighted by atomic mass is 10.1. The molecule has 4 rings (SSSR count). The Bertz CT molecular complexity index is 1090. The quantitative estimate of drug-likeness (QED) is 0.694. The molecule has 0 unspecified atom stereocenters. The average molecular weight is 410 g/mol. The van der Waals surface area contributed by atoms with Crippen LogP contribution in [0.1, 0.15) is 22.9 Å². The first kappa shape index (κ1) is 19.2. The molecule has 7 nitrogen and oxygen atoms in total. The molecule has 1 aliphatic heterocycles. The Morgan fingerprint density at radius 3 is 3.00 bits per heavy atom. The van der Waals surface area contributed by atoms with Crippen molar-refractivity contribution in [3.05, 3.63) is 46.6 Å². The minimum atomic E-state index is -0.0632. The lowest BCUT2D eigenvalue weighted by Crippen LogP contribution is -2.38. The monoisotopic (exact) mass is 410 g/mol. The van der Waals surface area contributed by atoms with Crippen LogP contribution >= 0.6 is 11.3 Å². The third kappa shape index (κ3) is 3.75. The predicted octanol–water partition coefficient (Wildman–Crippen LogP) is 3.28. The number of carbonyl (C=O) groups excluding carboxylic acids is 1. The summed E-state index contributed by atoms with van der Waals surface area (Å²) in [5.41, 5.74) is 8.20. The topological polar surface area (TPSA) is 90.6 Å². The number of hydrogen-bond donors (Lipinski definition) is 1. The van der Waals surface area contributed by atoms with Crippen LogP contribution in [0.25, 0.3) is 16.3 Å². The van der Waals surface area contributed by atoms with Crippen molar-refractivity contribution in [3.8, 4) is 11.5 Å². The molecule has 8 heteroatoms. The molecule has 0 saturated carbocycles. The normalized spacial score (nSPS) is 13.7. The molecule has 0 spiro atoms. The fraction of sp³-hybridized carbons (Fsp3) is 0.286. The Morgan fingerprint density at radius 2 is 2.21 bits per heavy atom. The molecule has 3 heterocycles. The molecule has 0 bridgehead atoms. The number of fused-ring (bicyclic) bond motifs is 3. The van der Waals surface area contributed by atoms with Gasteiger partial charge >= 0.3 is 0 Å². The summed E-state index contributed by atoms with van der Waals surface area (Å²) < 4.78 is 11.2. The second-order valence-corrected chi connectivity index (χ2v) is 7.79. The zero-order chi connectivity index (χ0) is 20.4. The zero-order valence-corrected chi connectivity index (χ0v) is 17.2. The molecule has 150 valence electrons. The second-order valence-electron chi connectivity index (χ2n) is 6.71. The van der Waals surface area contributed by atoms with E-state index in [1.54, 1.807) is 18.4 Å². The molecule has 3 aromatic rings. The number of nitrogen functional groups attached to an aromatic ring is 1. The van der Waals surface area contributed by atoms with Crippen LogP contribution in [0.4, 0.5) is 5.82 Å². The molecular formula is C21H22N4O3S. The summed E-state index contributed by atoms with van der Waals surface area (Å²) in [6, 6.07) is 5.64. The number of nitrogens with zero attached hydrogens (tertiary/aromatic N) is 3. The minimum Gasteiger partial charge on any atom is -0.493 e. The lowest BCUT2D eigenvalue weighted by molar-refractivity contribution is -0.134. The average Bonchev–Trinajstić information content (AvgIpc) is 3.11. The summed E-state index contributed by atoms with van der Waals surface area (Å²) in [7, 11) is 1.59. The second kappa shape index (κ2) is 8.08. The van der Waals surface area contributed by atoms with Crippen LogP contribution in [-0.2, 0) is 17.8 Å². The number of anilines is 1. The van der Waals surface area contributed by atoms with E-state index < -0.39 is 0 Å². The summed E-state index contributed by atoms with van der Waals surface area (Å²) in [4.78, 5) is 24.9. The molecule has 2 N–H and O–H groups in total. The molecule has 0 aliphatic carbocycles. The van der Waals surface area contributed by atoms with Crippen LogP contribution in [0, 0.1) is 0 Å². The van der Waals surface area contributed by atoms with Gasteiger partial charge in [0.1, 0.15) is 17.0 Å². The van der Waals surface area contributed by atoms with Gasteiger partial charge in [-0.15, -0.1) is 11.3 Å². The molecule has 1 amide bonds. The van der Waals surface area contributed by atoms with Crippen LogP contribution in [0.2, 0.25) is 0 Å². The SMILES string of the molecule is C/C=C/c1ccc(OCC(=O)N2CCc3c(sc4ncnc(N)c34)C2)c(OC)c1. The van der Waals surface area contributed by atoms with Gasteiger partial charge in [-0.1, -0.05) is 18.2 Å². The predicted molar refractivity (Wildman–Crippen MR) is 114 cm³/mol. The Balaban J connectivity index is 1.45. The van der Waals surface area contributed by atoms with Crippen molar-refractivity contribution in [3.63, 3.8) is 0 Å². The summed E-state index contributed by atoms with van der Waals surface area (Å²) in [5, 5.41) is 0.932. The highest BCUT2D eigenvalue weighted by Gasteiger charge is 2.26. The van der Waals surface area contributed by atoms with Gasteiger partial charge in [0.05, 0.1) is 19.0 Å². The standard InChI is InChI=1S/C21H22N4O3S/c1-3-4-13-5-6-15(16(9-13)27-2)28-11-18(26)25-8-7-14-17(10-25)29-21-19(14)20(22)23-12-24-21/h3-6,9,12H,7-8,10-11H2,1-2H3,(H2,22,23,24)/b4-3+. The molecule has 1 aromatic carbocycles. The molecule has 1 aliphatic rings. The van der Waals surface area contributed by atoms with E-state index in [4.69, 9.17) is 15.2 Å². The maximum absolute atomic E-state index is 12.7. The van der Waals surface area contributed by atoms with Gasteiger partial charge in [-0.05, 0) is 36.6 Å². The molecule has 0 fully saturated rings. The molecule has 0 saturated heterocycles. The number of benzene rings is 1. The van der Waals surface area contributed by atoms with E-state index in [0.29, 0.717) is 30.4 Å². The number of methoxy groups -OCH3 is 1. The van der Waals surface area contributed by atoms with E-state index in [1.807, 2.05) is 42.2 Å². The smallest absolute Gasteiger partial charge is 0.260 e. The van der Waals surface area contributed by atoms with Crippen molar-refractivity contribution < 1.29 is 14.3 Å². The van der Waals surface area contributed by atoms with Crippen LogP contribution < -0.4 is 15.2 Å². The summed E-state index contributed by atoms with van der Waals surface area (Å²) in [6.07, 6.45) is 6.15. The van der Waals surface area contributed by atoms with Crippen LogP contribution in [0.5, 0.6) is 11.5 Å². The Labute approximate surface area is 172 Å². The fourth-order valence-electron chi connectivity index (χ4n) is 3.50. The van der Waals surface area contributed by atoms with Gasteiger partial charge in [-0.25, -0.2) is 9.97 Å². The fourth-order valence-corrected chi connectivity index (χ4v) is 4.71. The Morgan fingerprint density at radius 1 is 1.34 bits per heavy atom. The van der Waals surface area contributed by atoms with E-state index >= 15 is 0 Å². The number of carbonyl (C=O) groups is 1. The van der Waals surface area contributed by atoms with Crippen LogP contribution in [-0.4, -0.2) is 41.0 Å². The first-order valence-corrected chi connectivity index (χ1v) is 10.1. The minimum absolute atomic E-state index is 0.0402. The van der Waals surface area contributed by atoms with E-state index in [2.05, 4.69) is 9.97 Å². The van der Waals surface area contributed by atoms with E-state index in [9.17, 15) is 4.79 Å². The van der Waals surface area contributed by atoms with Crippen molar-refractivity contribution in [2.24, 2.45) is 0 Å². The molecule has 2 aromatic heterocycles. The summed E-state index contributed by atoms with van der Waals surface area (Å²) >= 11 is 1.57. The van der Waals surface area contributed by atoms with Gasteiger partial charge in [0.15, 0.2) is 18.1 Å². The highest BCUT2D eigenvalue weighted by Crippen LogP contribution is 2.36. The molecule has 0 atom stereocenters. The van der Waals surface area contributed by atoms with Gasteiger partial charge in [0.25, 0.3) is 5.91 Å². The first-order chi connectivity index (χ1) is 14.1. The number of thiophene rings is 1. The van der Waals surface area contributed by atoms with Gasteiger partial charge in [-0.2, -0.15) is 0 Å². The lowest BCUT2D eigenvalue weighted by Gasteiger charge is -2.27. The maximum Gasteiger partial charge on any atom is 0.260 e. The van der Waals surface area contributed by atoms with Gasteiger partial charge in [0, 0.05) is 11.4 Å². The van der Waals surface area contributed by atoms with Crippen molar-refractivity contribution in [1.29, 1.82) is 0 Å². The maximum atomic E-state index is 12.7. The number of hydrogen-bond acceptors (Lipinski definition) is 7. The number of aromatic nitrogens is 2. The van der Waals surface area contributed by atoms with Crippen LogP contribution in [0.15, 0.2) is 30.6 Å². The largest absolute Gasteiger partial charge is 0.493 e. The summed E-state index contributed by atoms with van der Waals surface area (Å²) in [6.45, 7) is 3.07. The highest BCUT2D eigenvalue weighted by molar-refractivity contribution is 7.19. The van der Waals surface area contributed by atoms with E-state index in [1.165, 1.54) is 6.33 Å². The number of nitrogens with two attached hydrogens (primary N) is 1. The molecular weight excluding hydrogens is 388 g/mol. The number of rotatable bonds is 5. The van der Waals surface area contributed by atoms with Crippen LogP contribution in [0.3, 0.4) is 0 Å². The van der Waals surface area contributed by atoms with Gasteiger partial charge < -0.3 is 20.1 Å². The van der Waals surface area contributed by atoms with Crippen molar-refractivity contribution in [1.82, 2.24) is 14.9 Å². The third-order valence-corrected chi connectivity index (χ3v) is 6.04. The van der Waals surface area contributed by atoms with Crippen molar-refractivity contribution in [2.45, 2.75) is 19.9 Å². The Hall–Kier alpha value is -3.13. The third-order valence-electron chi connectivity index (χ3n) is 4.92. The highest BCUT2D eigenvalue weighted by atomic mass is 32.1. The number of ether oxygens (including phenoxy) is 2. The summed E-state index contributed by atoms with van der Waals surface area (Å²) in [5.74, 6) is 1.60.